The summed E-state index contributed by atoms with van der Waals surface area (Å²) in [5.74, 6) is -0.0763. The summed E-state index contributed by atoms with van der Waals surface area (Å²) in [6.07, 6.45) is 1.43. The second-order valence-corrected chi connectivity index (χ2v) is 6.88. The number of aromatic hydroxyl groups is 1. The van der Waals surface area contributed by atoms with Crippen LogP contribution in [0.25, 0.3) is 11.3 Å². The lowest BCUT2D eigenvalue weighted by Crippen LogP contribution is -1.91. The van der Waals surface area contributed by atoms with Crippen molar-refractivity contribution in [1.29, 1.82) is 0 Å². The minimum Gasteiger partial charge on any atom is -0.506 e. The molecule has 0 spiro atoms. The van der Waals surface area contributed by atoms with Gasteiger partial charge in [-0.2, -0.15) is 5.10 Å². The van der Waals surface area contributed by atoms with Gasteiger partial charge in [-0.25, -0.2) is 4.98 Å². The van der Waals surface area contributed by atoms with Crippen LogP contribution in [0.4, 0.5) is 5.13 Å². The average Bonchev–Trinajstić information content (AvgIpc) is 3.01. The molecule has 0 radical (unpaired) electrons. The van der Waals surface area contributed by atoms with Gasteiger partial charge in [0.2, 0.25) is 5.13 Å². The number of hydrazone groups is 1. The highest BCUT2D eigenvalue weighted by Crippen LogP contribution is 2.30. The highest BCUT2D eigenvalue weighted by Gasteiger charge is 2.07. The summed E-state index contributed by atoms with van der Waals surface area (Å²) in [7, 11) is 0. The van der Waals surface area contributed by atoms with E-state index in [0.29, 0.717) is 20.7 Å². The van der Waals surface area contributed by atoms with Gasteiger partial charge in [-0.05, 0) is 24.3 Å². The zero-order chi connectivity index (χ0) is 17.1. The van der Waals surface area contributed by atoms with E-state index in [0.717, 1.165) is 11.3 Å². The summed E-state index contributed by atoms with van der Waals surface area (Å²) in [4.78, 5) is 4.43. The van der Waals surface area contributed by atoms with Crippen molar-refractivity contribution in [3.63, 3.8) is 0 Å². The minimum atomic E-state index is -0.0763. The van der Waals surface area contributed by atoms with Gasteiger partial charge in [0.05, 0.1) is 16.9 Å². The van der Waals surface area contributed by atoms with Gasteiger partial charge in [-0.1, -0.05) is 46.9 Å². The first-order valence-corrected chi connectivity index (χ1v) is 8.73. The van der Waals surface area contributed by atoms with Gasteiger partial charge in [0.25, 0.3) is 0 Å². The Morgan fingerprint density at radius 2 is 1.83 bits per heavy atom. The van der Waals surface area contributed by atoms with Crippen LogP contribution in [0.2, 0.25) is 15.1 Å². The van der Waals surface area contributed by atoms with Crippen LogP contribution in [0.1, 0.15) is 5.56 Å². The number of nitrogens with one attached hydrogen (secondary N) is 1. The van der Waals surface area contributed by atoms with Gasteiger partial charge in [-0.3, -0.25) is 5.43 Å². The van der Waals surface area contributed by atoms with Gasteiger partial charge >= 0.3 is 0 Å². The Bertz CT molecular complexity index is 894. The third-order valence-corrected chi connectivity index (χ3v) is 4.57. The third kappa shape index (κ3) is 3.99. The SMILES string of the molecule is Oc1c(Cl)cc(Cl)cc1/C=N\Nc1nc(-c2ccc(Cl)cc2)cs1. The topological polar surface area (TPSA) is 57.5 Å². The average molecular weight is 399 g/mol. The number of halogens is 3. The summed E-state index contributed by atoms with van der Waals surface area (Å²) < 4.78 is 0. The number of thiazole rings is 1. The molecule has 4 nitrogen and oxygen atoms in total. The maximum Gasteiger partial charge on any atom is 0.203 e. The van der Waals surface area contributed by atoms with Gasteiger partial charge in [0, 0.05) is 26.6 Å². The zero-order valence-electron chi connectivity index (χ0n) is 12.0. The van der Waals surface area contributed by atoms with Gasteiger partial charge in [0.1, 0.15) is 5.75 Å². The second-order valence-electron chi connectivity index (χ2n) is 4.74. The van der Waals surface area contributed by atoms with Crippen molar-refractivity contribution in [2.45, 2.75) is 0 Å². The number of benzene rings is 2. The van der Waals surface area contributed by atoms with E-state index in [9.17, 15) is 5.11 Å². The molecule has 2 N–H and O–H groups in total. The monoisotopic (exact) mass is 397 g/mol. The Labute approximate surface area is 157 Å². The number of phenols is 1. The Morgan fingerprint density at radius 1 is 1.08 bits per heavy atom. The van der Waals surface area contributed by atoms with E-state index in [1.165, 1.54) is 23.6 Å². The number of nitrogens with zero attached hydrogens (tertiary/aromatic N) is 2. The van der Waals surface area contributed by atoms with Crippen LogP contribution in [0, 0.1) is 0 Å². The maximum absolute atomic E-state index is 9.86. The first-order chi connectivity index (χ1) is 11.5. The van der Waals surface area contributed by atoms with E-state index < -0.39 is 0 Å². The molecular weight excluding hydrogens is 389 g/mol. The van der Waals surface area contributed by atoms with E-state index in [1.54, 1.807) is 6.07 Å². The van der Waals surface area contributed by atoms with Gasteiger partial charge < -0.3 is 5.11 Å². The van der Waals surface area contributed by atoms with Crippen molar-refractivity contribution in [2.24, 2.45) is 5.10 Å². The molecule has 0 atom stereocenters. The van der Waals surface area contributed by atoms with Crippen LogP contribution in [0.5, 0.6) is 5.75 Å². The van der Waals surface area contributed by atoms with Crippen molar-refractivity contribution >= 4 is 57.5 Å². The third-order valence-electron chi connectivity index (χ3n) is 3.07. The number of aromatic nitrogens is 1. The molecule has 0 aliphatic heterocycles. The number of hydrogen-bond acceptors (Lipinski definition) is 5. The molecule has 8 heteroatoms. The van der Waals surface area contributed by atoms with Crippen molar-refractivity contribution < 1.29 is 5.11 Å². The Morgan fingerprint density at radius 3 is 2.58 bits per heavy atom. The predicted octanol–water partition coefficient (Wildman–Crippen LogP) is 5.92. The molecule has 2 aromatic carbocycles. The van der Waals surface area contributed by atoms with Crippen LogP contribution in [-0.4, -0.2) is 16.3 Å². The normalized spacial score (nSPS) is 11.1. The molecule has 0 aliphatic rings. The van der Waals surface area contributed by atoms with Gasteiger partial charge in [-0.15, -0.1) is 11.3 Å². The highest BCUT2D eigenvalue weighted by atomic mass is 35.5. The lowest BCUT2D eigenvalue weighted by Gasteiger charge is -2.02. The number of rotatable bonds is 4. The summed E-state index contributed by atoms with van der Waals surface area (Å²) in [6.45, 7) is 0. The van der Waals surface area contributed by atoms with Crippen LogP contribution in [0.15, 0.2) is 46.9 Å². The summed E-state index contributed by atoms with van der Waals surface area (Å²) in [5, 5.41) is 17.7. The molecule has 0 aliphatic carbocycles. The molecular formula is C16H10Cl3N3OS. The fraction of sp³-hybridized carbons (Fsp3) is 0. The molecule has 0 unspecified atom stereocenters. The van der Waals surface area contributed by atoms with E-state index in [1.807, 2.05) is 29.6 Å². The predicted molar refractivity (Wildman–Crippen MR) is 102 cm³/mol. The molecule has 1 heterocycles. The van der Waals surface area contributed by atoms with Crippen LogP contribution in [-0.2, 0) is 0 Å². The summed E-state index contributed by atoms with van der Waals surface area (Å²) >= 11 is 19.1. The largest absolute Gasteiger partial charge is 0.506 e. The smallest absolute Gasteiger partial charge is 0.203 e. The van der Waals surface area contributed by atoms with Crippen molar-refractivity contribution in [3.05, 3.63) is 62.4 Å². The minimum absolute atomic E-state index is 0.0763. The van der Waals surface area contributed by atoms with E-state index in [-0.39, 0.29) is 10.8 Å². The quantitative estimate of drug-likeness (QED) is 0.423. The van der Waals surface area contributed by atoms with E-state index >= 15 is 0 Å². The molecule has 3 rings (SSSR count). The fourth-order valence-corrected chi connectivity index (χ4v) is 3.22. The first-order valence-electron chi connectivity index (χ1n) is 6.71. The number of phenolic OH excluding ortho intramolecular Hbond substituents is 1. The lowest BCUT2D eigenvalue weighted by molar-refractivity contribution is 0.475. The summed E-state index contributed by atoms with van der Waals surface area (Å²) in [5.41, 5.74) is 5.01. The van der Waals surface area contributed by atoms with Crippen LogP contribution in [0.3, 0.4) is 0 Å². The molecule has 3 aromatic rings. The molecule has 0 bridgehead atoms. The summed E-state index contributed by atoms with van der Waals surface area (Å²) in [6, 6.07) is 10.4. The first kappa shape index (κ1) is 17.0. The van der Waals surface area contributed by atoms with Gasteiger partial charge in [0.15, 0.2) is 0 Å². The van der Waals surface area contributed by atoms with E-state index in [2.05, 4.69) is 15.5 Å². The fourth-order valence-electron chi connectivity index (χ4n) is 1.92. The highest BCUT2D eigenvalue weighted by molar-refractivity contribution is 7.14. The number of anilines is 1. The Kier molecular flexibility index (Phi) is 5.26. The zero-order valence-corrected chi connectivity index (χ0v) is 15.1. The Hall–Kier alpha value is -1.79. The lowest BCUT2D eigenvalue weighted by atomic mass is 10.2. The molecule has 122 valence electrons. The molecule has 24 heavy (non-hydrogen) atoms. The molecule has 0 saturated carbocycles. The van der Waals surface area contributed by atoms with E-state index in [4.69, 9.17) is 34.8 Å². The molecule has 0 saturated heterocycles. The van der Waals surface area contributed by atoms with Crippen LogP contribution >= 0.6 is 46.1 Å². The van der Waals surface area contributed by atoms with Crippen LogP contribution < -0.4 is 5.43 Å². The molecule has 0 amide bonds. The van der Waals surface area contributed by atoms with Crippen molar-refractivity contribution in [1.82, 2.24) is 4.98 Å². The molecule has 1 aromatic heterocycles. The standard InChI is InChI=1S/C16H10Cl3N3OS/c17-11-3-1-9(2-4-11)14-8-24-16(21-14)22-20-7-10-5-12(18)6-13(19)15(10)23/h1-8,23H,(H,21,22)/b20-7-. The van der Waals surface area contributed by atoms with Crippen molar-refractivity contribution in [3.8, 4) is 17.0 Å². The van der Waals surface area contributed by atoms with Crippen molar-refractivity contribution in [2.75, 3.05) is 5.43 Å². The Balaban J connectivity index is 1.73. The molecule has 0 fully saturated rings. The second kappa shape index (κ2) is 7.40. The maximum atomic E-state index is 9.86. The number of hydrogen-bond donors (Lipinski definition) is 2.